The smallest absolute Gasteiger partial charge is 0.293 e. The van der Waals surface area contributed by atoms with Crippen molar-refractivity contribution in [2.75, 3.05) is 51.0 Å². The van der Waals surface area contributed by atoms with E-state index in [0.717, 1.165) is 37.4 Å². The molecule has 8 heteroatoms. The van der Waals surface area contributed by atoms with E-state index in [2.05, 4.69) is 70.5 Å². The first kappa shape index (κ1) is 28.1. The summed E-state index contributed by atoms with van der Waals surface area (Å²) >= 11 is 5.99. The van der Waals surface area contributed by atoms with Crippen LogP contribution >= 0.6 is 11.6 Å². The Kier molecular flexibility index (Phi) is 7.91. The first-order valence-corrected chi connectivity index (χ1v) is 15.2. The number of carbonyl (C=O) groups is 1. The Hall–Kier alpha value is -3.72. The highest BCUT2D eigenvalue weighted by Crippen LogP contribution is 2.47. The van der Waals surface area contributed by atoms with E-state index in [1.165, 1.54) is 11.1 Å². The normalized spacial score (nSPS) is 22.4. The molecule has 2 unspecified atom stereocenters. The van der Waals surface area contributed by atoms with Gasteiger partial charge < -0.3 is 14.2 Å². The summed E-state index contributed by atoms with van der Waals surface area (Å²) in [5.41, 5.74) is 4.16. The Morgan fingerprint density at radius 1 is 0.814 bits per heavy atom. The molecule has 0 bridgehead atoms. The third-order valence-electron chi connectivity index (χ3n) is 8.47. The molecule has 0 saturated carbocycles. The van der Waals surface area contributed by atoms with Crippen molar-refractivity contribution in [2.24, 2.45) is 0 Å². The summed E-state index contributed by atoms with van der Waals surface area (Å²) in [5.74, 6) is -0.941. The highest BCUT2D eigenvalue weighted by Gasteiger charge is 2.58. The van der Waals surface area contributed by atoms with Gasteiger partial charge in [0.1, 0.15) is 18.5 Å². The molecule has 0 aromatic heterocycles. The van der Waals surface area contributed by atoms with Crippen LogP contribution in [0.15, 0.2) is 109 Å². The lowest BCUT2D eigenvalue weighted by molar-refractivity contribution is -0.187. The van der Waals surface area contributed by atoms with E-state index in [0.29, 0.717) is 17.4 Å². The van der Waals surface area contributed by atoms with Gasteiger partial charge in [-0.2, -0.15) is 0 Å². The Balaban J connectivity index is 1.03. The molecule has 3 heterocycles. The zero-order valence-corrected chi connectivity index (χ0v) is 24.6. The van der Waals surface area contributed by atoms with Gasteiger partial charge in [-0.1, -0.05) is 90.5 Å². The highest BCUT2D eigenvalue weighted by atomic mass is 35.5. The molecular formula is C35H34ClN3O4. The van der Waals surface area contributed by atoms with Crippen LogP contribution in [0.3, 0.4) is 0 Å². The van der Waals surface area contributed by atoms with Gasteiger partial charge >= 0.3 is 0 Å². The molecule has 3 aliphatic heterocycles. The molecule has 2 atom stereocenters. The lowest BCUT2D eigenvalue weighted by atomic mass is 9.96. The van der Waals surface area contributed by atoms with Crippen LogP contribution in [0, 0.1) is 0 Å². The standard InChI is InChI=1S/C35H34ClN3O4/c36-28-15-17-29(18-16-28)41-23-30-24-42-35(43-30)31-13-7-8-14-32(31)39(34(35)40)25-37-19-21-38(22-20-37)33(26-9-3-1-4-10-26)27-11-5-2-6-12-27/h1-18,30,33H,19-25H2. The van der Waals surface area contributed by atoms with E-state index in [1.54, 1.807) is 12.1 Å². The van der Waals surface area contributed by atoms with Gasteiger partial charge in [-0.3, -0.25) is 19.5 Å². The number of benzene rings is 4. The Labute approximate surface area is 257 Å². The van der Waals surface area contributed by atoms with E-state index in [1.807, 2.05) is 41.3 Å². The number of fused-ring (bicyclic) bond motifs is 2. The summed E-state index contributed by atoms with van der Waals surface area (Å²) in [5, 5.41) is 0.647. The lowest BCUT2D eigenvalue weighted by Crippen LogP contribution is -2.53. The highest BCUT2D eigenvalue weighted by molar-refractivity contribution is 6.30. The summed E-state index contributed by atoms with van der Waals surface area (Å²) in [4.78, 5) is 20.7. The topological polar surface area (TPSA) is 54.5 Å². The molecule has 43 heavy (non-hydrogen) atoms. The van der Waals surface area contributed by atoms with Crippen LogP contribution in [-0.2, 0) is 20.1 Å². The van der Waals surface area contributed by atoms with Crippen LogP contribution in [0.1, 0.15) is 22.7 Å². The third kappa shape index (κ3) is 5.55. The van der Waals surface area contributed by atoms with Crippen molar-refractivity contribution >= 4 is 23.2 Å². The summed E-state index contributed by atoms with van der Waals surface area (Å²) in [6.07, 6.45) is -0.385. The zero-order valence-electron chi connectivity index (χ0n) is 23.8. The van der Waals surface area contributed by atoms with E-state index >= 15 is 0 Å². The average Bonchev–Trinajstić information content (AvgIpc) is 3.59. The predicted molar refractivity (Wildman–Crippen MR) is 166 cm³/mol. The van der Waals surface area contributed by atoms with Crippen molar-refractivity contribution < 1.29 is 19.0 Å². The fraction of sp³-hybridized carbons (Fsp3) is 0.286. The van der Waals surface area contributed by atoms with Gasteiger partial charge in [0, 0.05) is 36.8 Å². The van der Waals surface area contributed by atoms with Crippen LogP contribution in [0.2, 0.25) is 5.02 Å². The number of rotatable bonds is 8. The molecule has 7 nitrogen and oxygen atoms in total. The maximum absolute atomic E-state index is 14.0. The van der Waals surface area contributed by atoms with Crippen LogP contribution in [0.25, 0.3) is 0 Å². The van der Waals surface area contributed by atoms with E-state index in [-0.39, 0.29) is 31.3 Å². The number of halogens is 1. The zero-order chi connectivity index (χ0) is 29.2. The lowest BCUT2D eigenvalue weighted by Gasteiger charge is -2.41. The first-order chi connectivity index (χ1) is 21.1. The molecule has 4 aromatic carbocycles. The number of hydrogen-bond donors (Lipinski definition) is 0. The predicted octanol–water partition coefficient (Wildman–Crippen LogP) is 5.70. The molecule has 2 fully saturated rings. The summed E-state index contributed by atoms with van der Waals surface area (Å²) in [6, 6.07) is 36.5. The number of hydrogen-bond acceptors (Lipinski definition) is 6. The van der Waals surface area contributed by atoms with E-state index in [9.17, 15) is 4.79 Å². The SMILES string of the molecule is O=C1N(CN2CCN(C(c3ccccc3)c3ccccc3)CC2)c2ccccc2C12OCC(COc1ccc(Cl)cc1)O2. The van der Waals surface area contributed by atoms with Crippen molar-refractivity contribution in [1.82, 2.24) is 9.80 Å². The van der Waals surface area contributed by atoms with Crippen LogP contribution in [0.4, 0.5) is 5.69 Å². The number of amides is 1. The van der Waals surface area contributed by atoms with Crippen molar-refractivity contribution in [2.45, 2.75) is 17.9 Å². The van der Waals surface area contributed by atoms with Crippen molar-refractivity contribution in [3.63, 3.8) is 0 Å². The Morgan fingerprint density at radius 2 is 1.44 bits per heavy atom. The van der Waals surface area contributed by atoms with Gasteiger partial charge in [-0.25, -0.2) is 0 Å². The van der Waals surface area contributed by atoms with E-state index < -0.39 is 5.79 Å². The molecule has 3 aliphatic rings. The maximum Gasteiger partial charge on any atom is 0.293 e. The van der Waals surface area contributed by atoms with Gasteiger partial charge in [-0.15, -0.1) is 0 Å². The van der Waals surface area contributed by atoms with Crippen LogP contribution in [0.5, 0.6) is 5.75 Å². The Morgan fingerprint density at radius 3 is 2.12 bits per heavy atom. The number of anilines is 1. The third-order valence-corrected chi connectivity index (χ3v) is 8.73. The molecular weight excluding hydrogens is 562 g/mol. The van der Waals surface area contributed by atoms with Crippen LogP contribution < -0.4 is 9.64 Å². The van der Waals surface area contributed by atoms with E-state index in [4.69, 9.17) is 25.8 Å². The molecule has 0 aliphatic carbocycles. The minimum absolute atomic E-state index is 0.184. The first-order valence-electron chi connectivity index (χ1n) is 14.8. The van der Waals surface area contributed by atoms with Crippen molar-refractivity contribution in [3.05, 3.63) is 131 Å². The molecule has 7 rings (SSSR count). The van der Waals surface area contributed by atoms with Crippen LogP contribution in [-0.4, -0.2) is 67.9 Å². The quantitative estimate of drug-likeness (QED) is 0.261. The second kappa shape index (κ2) is 12.1. The number of para-hydroxylation sites is 1. The molecule has 1 spiro atoms. The summed E-state index contributed by atoms with van der Waals surface area (Å²) in [7, 11) is 0. The number of ether oxygens (including phenoxy) is 3. The molecule has 220 valence electrons. The minimum atomic E-state index is -1.45. The van der Waals surface area contributed by atoms with Crippen molar-refractivity contribution in [1.29, 1.82) is 0 Å². The largest absolute Gasteiger partial charge is 0.491 e. The number of carbonyl (C=O) groups excluding carboxylic acids is 1. The molecule has 2 saturated heterocycles. The van der Waals surface area contributed by atoms with Gasteiger partial charge in [0.2, 0.25) is 0 Å². The molecule has 4 aromatic rings. The van der Waals surface area contributed by atoms with Gasteiger partial charge in [-0.05, 0) is 41.5 Å². The Bertz CT molecular complexity index is 1510. The second-order valence-corrected chi connectivity index (χ2v) is 11.6. The molecule has 1 amide bonds. The summed E-state index contributed by atoms with van der Waals surface area (Å²) < 4.78 is 18.5. The molecule has 0 N–H and O–H groups in total. The monoisotopic (exact) mass is 595 g/mol. The fourth-order valence-corrected chi connectivity index (χ4v) is 6.47. The summed E-state index contributed by atoms with van der Waals surface area (Å²) in [6.45, 7) is 4.47. The van der Waals surface area contributed by atoms with Gasteiger partial charge in [0.15, 0.2) is 0 Å². The minimum Gasteiger partial charge on any atom is -0.491 e. The maximum atomic E-state index is 14.0. The second-order valence-electron chi connectivity index (χ2n) is 11.2. The number of nitrogens with zero attached hydrogens (tertiary/aromatic N) is 3. The van der Waals surface area contributed by atoms with Gasteiger partial charge in [0.05, 0.1) is 25.0 Å². The molecule has 0 radical (unpaired) electrons. The average molecular weight is 596 g/mol. The number of piperazine rings is 1. The fourth-order valence-electron chi connectivity index (χ4n) is 6.35. The van der Waals surface area contributed by atoms with Crippen molar-refractivity contribution in [3.8, 4) is 5.75 Å². The van der Waals surface area contributed by atoms with Gasteiger partial charge in [0.25, 0.3) is 11.7 Å².